The molecule has 1 heterocycles. The number of rotatable bonds is 5. The van der Waals surface area contributed by atoms with Crippen LogP contribution in [-0.4, -0.2) is 42.8 Å². The van der Waals surface area contributed by atoms with Gasteiger partial charge in [0.15, 0.2) is 6.61 Å². The Morgan fingerprint density at radius 3 is 2.78 bits per heavy atom. The fraction of sp³-hybridized carbons (Fsp3) is 0.250. The van der Waals surface area contributed by atoms with Gasteiger partial charge >= 0.3 is 0 Å². The standard InChI is InChI=1S/C20H21N3O4/c1-3-13-6-4-5-7-15(13)21-18(24)11-23(2)20(26)14-8-9-17-16(10-14)22-19(25)12-27-17/h4-10H,3,11-12H2,1-2H3,(H,21,24)(H,22,25). The van der Waals surface area contributed by atoms with E-state index in [1.807, 2.05) is 31.2 Å². The molecule has 0 spiro atoms. The van der Waals surface area contributed by atoms with E-state index in [2.05, 4.69) is 10.6 Å². The van der Waals surface area contributed by atoms with Crippen LogP contribution in [0, 0.1) is 0 Å². The summed E-state index contributed by atoms with van der Waals surface area (Å²) in [5, 5.41) is 5.51. The Balaban J connectivity index is 1.66. The Morgan fingerprint density at radius 1 is 1.22 bits per heavy atom. The Bertz CT molecular complexity index is 895. The van der Waals surface area contributed by atoms with E-state index < -0.39 is 0 Å². The molecule has 0 atom stereocenters. The summed E-state index contributed by atoms with van der Waals surface area (Å²) in [4.78, 5) is 37.7. The van der Waals surface area contributed by atoms with Crippen LogP contribution in [0.4, 0.5) is 11.4 Å². The molecule has 0 saturated carbocycles. The van der Waals surface area contributed by atoms with Crippen LogP contribution in [0.2, 0.25) is 0 Å². The van der Waals surface area contributed by atoms with Crippen molar-refractivity contribution in [3.8, 4) is 5.75 Å². The number of aryl methyl sites for hydroxylation is 1. The van der Waals surface area contributed by atoms with E-state index in [9.17, 15) is 14.4 Å². The number of carbonyl (C=O) groups is 3. The summed E-state index contributed by atoms with van der Waals surface area (Å²) in [5.41, 5.74) is 2.60. The zero-order valence-corrected chi connectivity index (χ0v) is 15.2. The molecule has 7 heteroatoms. The second-order valence-corrected chi connectivity index (χ2v) is 6.27. The molecule has 0 radical (unpaired) electrons. The SMILES string of the molecule is CCc1ccccc1NC(=O)CN(C)C(=O)c1ccc2c(c1)NC(=O)CO2. The maximum atomic E-state index is 12.6. The molecule has 0 saturated heterocycles. The van der Waals surface area contributed by atoms with Crippen molar-refractivity contribution in [2.75, 3.05) is 30.8 Å². The minimum atomic E-state index is -0.323. The maximum absolute atomic E-state index is 12.6. The second-order valence-electron chi connectivity index (χ2n) is 6.27. The minimum absolute atomic E-state index is 0.0421. The van der Waals surface area contributed by atoms with Gasteiger partial charge in [0.1, 0.15) is 5.75 Å². The molecule has 27 heavy (non-hydrogen) atoms. The lowest BCUT2D eigenvalue weighted by molar-refractivity contribution is -0.118. The molecule has 2 aromatic carbocycles. The van der Waals surface area contributed by atoms with Crippen molar-refractivity contribution in [3.05, 3.63) is 53.6 Å². The molecule has 2 aromatic rings. The van der Waals surface area contributed by atoms with E-state index in [0.717, 1.165) is 17.7 Å². The van der Waals surface area contributed by atoms with Gasteiger partial charge in [-0.15, -0.1) is 0 Å². The third kappa shape index (κ3) is 4.25. The first-order chi connectivity index (χ1) is 13.0. The van der Waals surface area contributed by atoms with Crippen molar-refractivity contribution in [1.29, 1.82) is 0 Å². The molecule has 3 amide bonds. The molecule has 0 bridgehead atoms. The zero-order valence-electron chi connectivity index (χ0n) is 15.2. The van der Waals surface area contributed by atoms with E-state index in [1.165, 1.54) is 4.90 Å². The summed E-state index contributed by atoms with van der Waals surface area (Å²) in [7, 11) is 1.56. The van der Waals surface area contributed by atoms with Crippen molar-refractivity contribution in [1.82, 2.24) is 4.90 Å². The smallest absolute Gasteiger partial charge is 0.262 e. The van der Waals surface area contributed by atoms with Crippen LogP contribution in [0.3, 0.4) is 0 Å². The molecule has 0 aliphatic carbocycles. The Morgan fingerprint density at radius 2 is 2.00 bits per heavy atom. The van der Waals surface area contributed by atoms with E-state index in [0.29, 0.717) is 17.0 Å². The van der Waals surface area contributed by atoms with Gasteiger partial charge in [-0.1, -0.05) is 25.1 Å². The van der Waals surface area contributed by atoms with Crippen LogP contribution in [0.1, 0.15) is 22.8 Å². The summed E-state index contributed by atoms with van der Waals surface area (Å²) in [6, 6.07) is 12.4. The van der Waals surface area contributed by atoms with Gasteiger partial charge < -0.3 is 20.3 Å². The highest BCUT2D eigenvalue weighted by molar-refractivity contribution is 6.02. The van der Waals surface area contributed by atoms with Gasteiger partial charge in [0.25, 0.3) is 11.8 Å². The number of likely N-dealkylation sites (N-methyl/N-ethyl adjacent to an activating group) is 1. The van der Waals surface area contributed by atoms with Gasteiger partial charge in [-0.3, -0.25) is 14.4 Å². The van der Waals surface area contributed by atoms with Crippen LogP contribution in [-0.2, 0) is 16.0 Å². The number of fused-ring (bicyclic) bond motifs is 1. The lowest BCUT2D eigenvalue weighted by atomic mass is 10.1. The lowest BCUT2D eigenvalue weighted by Crippen LogP contribution is -2.35. The molecule has 0 unspecified atom stereocenters. The van der Waals surface area contributed by atoms with E-state index in [-0.39, 0.29) is 30.9 Å². The molecule has 2 N–H and O–H groups in total. The van der Waals surface area contributed by atoms with Gasteiger partial charge in [0.2, 0.25) is 5.91 Å². The Kier molecular flexibility index (Phi) is 5.40. The number of hydrogen-bond donors (Lipinski definition) is 2. The van der Waals surface area contributed by atoms with Crippen LogP contribution < -0.4 is 15.4 Å². The number of carbonyl (C=O) groups excluding carboxylic acids is 3. The number of amides is 3. The molecule has 3 rings (SSSR count). The molecule has 1 aliphatic rings. The van der Waals surface area contributed by atoms with Crippen molar-refractivity contribution in [2.45, 2.75) is 13.3 Å². The van der Waals surface area contributed by atoms with Gasteiger partial charge in [-0.25, -0.2) is 0 Å². The molecule has 0 aromatic heterocycles. The van der Waals surface area contributed by atoms with Gasteiger partial charge in [0.05, 0.1) is 12.2 Å². The van der Waals surface area contributed by atoms with Crippen molar-refractivity contribution < 1.29 is 19.1 Å². The largest absolute Gasteiger partial charge is 0.482 e. The molecular weight excluding hydrogens is 346 g/mol. The first kappa shape index (κ1) is 18.4. The number of ether oxygens (including phenoxy) is 1. The summed E-state index contributed by atoms with van der Waals surface area (Å²) in [6.45, 7) is 1.88. The zero-order chi connectivity index (χ0) is 19.4. The van der Waals surface area contributed by atoms with Crippen molar-refractivity contribution >= 4 is 29.1 Å². The first-order valence-corrected chi connectivity index (χ1v) is 8.68. The predicted molar refractivity (Wildman–Crippen MR) is 102 cm³/mol. The summed E-state index contributed by atoms with van der Waals surface area (Å²) in [5.74, 6) is -0.352. The number of benzene rings is 2. The fourth-order valence-electron chi connectivity index (χ4n) is 2.86. The second kappa shape index (κ2) is 7.90. The van der Waals surface area contributed by atoms with Gasteiger partial charge in [-0.2, -0.15) is 0 Å². The van der Waals surface area contributed by atoms with E-state index in [1.54, 1.807) is 25.2 Å². The summed E-state index contributed by atoms with van der Waals surface area (Å²) in [6.07, 6.45) is 0.800. The third-order valence-corrected chi connectivity index (χ3v) is 4.26. The van der Waals surface area contributed by atoms with Crippen LogP contribution in [0.25, 0.3) is 0 Å². The molecule has 140 valence electrons. The van der Waals surface area contributed by atoms with E-state index >= 15 is 0 Å². The number of nitrogens with one attached hydrogen (secondary N) is 2. The normalized spacial score (nSPS) is 12.4. The predicted octanol–water partition coefficient (Wildman–Crippen LogP) is 2.29. The van der Waals surface area contributed by atoms with Crippen molar-refractivity contribution in [2.24, 2.45) is 0 Å². The molecular formula is C20H21N3O4. The highest BCUT2D eigenvalue weighted by Crippen LogP contribution is 2.28. The van der Waals surface area contributed by atoms with Crippen LogP contribution in [0.5, 0.6) is 5.75 Å². The summed E-state index contributed by atoms with van der Waals surface area (Å²) >= 11 is 0. The topological polar surface area (TPSA) is 87.7 Å². The number of nitrogens with zero attached hydrogens (tertiary/aromatic N) is 1. The van der Waals surface area contributed by atoms with Crippen LogP contribution >= 0.6 is 0 Å². The Hall–Kier alpha value is -3.35. The third-order valence-electron chi connectivity index (χ3n) is 4.26. The van der Waals surface area contributed by atoms with Crippen molar-refractivity contribution in [3.63, 3.8) is 0 Å². The number of para-hydroxylation sites is 1. The number of hydrogen-bond acceptors (Lipinski definition) is 4. The van der Waals surface area contributed by atoms with E-state index in [4.69, 9.17) is 4.74 Å². The quantitative estimate of drug-likeness (QED) is 0.849. The maximum Gasteiger partial charge on any atom is 0.262 e. The summed E-state index contributed by atoms with van der Waals surface area (Å²) < 4.78 is 5.28. The average Bonchev–Trinajstić information content (AvgIpc) is 2.67. The Labute approximate surface area is 157 Å². The average molecular weight is 367 g/mol. The molecule has 1 aliphatic heterocycles. The van der Waals surface area contributed by atoms with Gasteiger partial charge in [0, 0.05) is 18.3 Å². The fourth-order valence-corrected chi connectivity index (χ4v) is 2.86. The lowest BCUT2D eigenvalue weighted by Gasteiger charge is -2.21. The first-order valence-electron chi connectivity index (χ1n) is 8.68. The highest BCUT2D eigenvalue weighted by Gasteiger charge is 2.20. The molecule has 0 fully saturated rings. The van der Waals surface area contributed by atoms with Crippen LogP contribution in [0.15, 0.2) is 42.5 Å². The molecule has 7 nitrogen and oxygen atoms in total. The monoisotopic (exact) mass is 367 g/mol. The number of anilines is 2. The highest BCUT2D eigenvalue weighted by atomic mass is 16.5. The van der Waals surface area contributed by atoms with Gasteiger partial charge in [-0.05, 0) is 36.2 Å². The minimum Gasteiger partial charge on any atom is -0.482 e.